The molecule has 0 saturated carbocycles. The third-order valence-corrected chi connectivity index (χ3v) is 6.13. The summed E-state index contributed by atoms with van der Waals surface area (Å²) < 4.78 is 11.2. The summed E-state index contributed by atoms with van der Waals surface area (Å²) in [7, 11) is 3.00. The van der Waals surface area contributed by atoms with Crippen molar-refractivity contribution in [1.29, 1.82) is 0 Å². The van der Waals surface area contributed by atoms with Crippen molar-refractivity contribution in [3.8, 4) is 22.6 Å². The van der Waals surface area contributed by atoms with Gasteiger partial charge in [-0.2, -0.15) is 0 Å². The summed E-state index contributed by atoms with van der Waals surface area (Å²) in [4.78, 5) is 26.0. The molecule has 3 N–H and O–H groups in total. The van der Waals surface area contributed by atoms with Crippen molar-refractivity contribution in [2.45, 2.75) is 6.92 Å². The molecule has 0 aliphatic carbocycles. The molecule has 0 aliphatic heterocycles. The van der Waals surface area contributed by atoms with Gasteiger partial charge in [-0.25, -0.2) is 0 Å². The predicted octanol–water partition coefficient (Wildman–Crippen LogP) is 4.85. The number of ether oxygens (including phenoxy) is 2. The summed E-state index contributed by atoms with van der Waals surface area (Å²) in [6.07, 6.45) is 0. The Labute approximate surface area is 180 Å². The van der Waals surface area contributed by atoms with Gasteiger partial charge >= 0.3 is 0 Å². The van der Waals surface area contributed by atoms with E-state index in [0.717, 1.165) is 16.0 Å². The number of thiophene rings is 1. The van der Waals surface area contributed by atoms with Gasteiger partial charge in [0.15, 0.2) is 0 Å². The maximum absolute atomic E-state index is 12.9. The molecule has 1 aromatic heterocycles. The highest BCUT2D eigenvalue weighted by Gasteiger charge is 2.24. The van der Waals surface area contributed by atoms with Gasteiger partial charge < -0.3 is 20.5 Å². The van der Waals surface area contributed by atoms with E-state index < -0.39 is 11.8 Å². The summed E-state index contributed by atoms with van der Waals surface area (Å²) in [5.41, 5.74) is 7.87. The van der Waals surface area contributed by atoms with Crippen molar-refractivity contribution < 1.29 is 19.1 Å². The van der Waals surface area contributed by atoms with E-state index in [0.29, 0.717) is 32.1 Å². The Bertz CT molecular complexity index is 1050. The van der Waals surface area contributed by atoms with E-state index in [1.165, 1.54) is 25.6 Å². The molecule has 29 heavy (non-hydrogen) atoms. The molecule has 0 unspecified atom stereocenters. The van der Waals surface area contributed by atoms with Crippen LogP contribution in [0.5, 0.6) is 11.5 Å². The van der Waals surface area contributed by atoms with Crippen LogP contribution in [-0.2, 0) is 0 Å². The van der Waals surface area contributed by atoms with Gasteiger partial charge in [-0.05, 0) is 40.5 Å². The third kappa shape index (κ3) is 4.13. The quantitative estimate of drug-likeness (QED) is 0.533. The summed E-state index contributed by atoms with van der Waals surface area (Å²) in [5, 5.41) is 3.22. The van der Waals surface area contributed by atoms with Gasteiger partial charge in [0, 0.05) is 16.0 Å². The van der Waals surface area contributed by atoms with Crippen LogP contribution in [0, 0.1) is 6.92 Å². The van der Waals surface area contributed by atoms with Crippen LogP contribution in [0.2, 0.25) is 0 Å². The number of rotatable bonds is 6. The zero-order chi connectivity index (χ0) is 21.1. The Morgan fingerprint density at radius 1 is 1.07 bits per heavy atom. The minimum absolute atomic E-state index is 0.295. The largest absolute Gasteiger partial charge is 0.495 e. The summed E-state index contributed by atoms with van der Waals surface area (Å²) >= 11 is 4.69. The van der Waals surface area contributed by atoms with Gasteiger partial charge in [-0.1, -0.05) is 30.3 Å². The molecule has 6 nitrogen and oxygen atoms in total. The molecule has 8 heteroatoms. The van der Waals surface area contributed by atoms with Gasteiger partial charge in [-0.15, -0.1) is 11.3 Å². The van der Waals surface area contributed by atoms with Crippen LogP contribution in [0.25, 0.3) is 11.1 Å². The van der Waals surface area contributed by atoms with E-state index in [2.05, 4.69) is 21.2 Å². The van der Waals surface area contributed by atoms with Crippen LogP contribution in [0.4, 0.5) is 5.00 Å². The van der Waals surface area contributed by atoms with Gasteiger partial charge in [-0.3, -0.25) is 9.59 Å². The number of aryl methyl sites for hydroxylation is 1. The Kier molecular flexibility index (Phi) is 6.24. The number of primary amides is 1. The molecule has 2 aromatic carbocycles. The number of carbonyl (C=O) groups excluding carboxylic acids is 2. The first kappa shape index (κ1) is 20.9. The van der Waals surface area contributed by atoms with Gasteiger partial charge in [0.2, 0.25) is 0 Å². The molecule has 0 aliphatic rings. The zero-order valence-electron chi connectivity index (χ0n) is 16.0. The Hall–Kier alpha value is -2.84. The smallest absolute Gasteiger partial charge is 0.256 e. The van der Waals surface area contributed by atoms with Crippen molar-refractivity contribution in [1.82, 2.24) is 0 Å². The van der Waals surface area contributed by atoms with Crippen LogP contribution in [-0.4, -0.2) is 26.0 Å². The molecule has 2 amide bonds. The van der Waals surface area contributed by atoms with Gasteiger partial charge in [0.1, 0.15) is 21.0 Å². The minimum Gasteiger partial charge on any atom is -0.495 e. The lowest BCUT2D eigenvalue weighted by Crippen LogP contribution is -2.17. The molecule has 1 heterocycles. The number of nitrogens with one attached hydrogen (secondary N) is 1. The number of benzene rings is 2. The third-order valence-electron chi connectivity index (χ3n) is 4.33. The maximum atomic E-state index is 12.9. The Morgan fingerprint density at radius 3 is 2.17 bits per heavy atom. The molecule has 150 valence electrons. The Balaban J connectivity index is 2.03. The average Bonchev–Trinajstić information content (AvgIpc) is 3.04. The number of anilines is 1. The molecular formula is C21H19BrN2O4S. The highest BCUT2D eigenvalue weighted by atomic mass is 79.9. The number of carbonyl (C=O) groups is 2. The number of hydrogen-bond donors (Lipinski definition) is 2. The molecule has 3 rings (SSSR count). The topological polar surface area (TPSA) is 90.6 Å². The van der Waals surface area contributed by atoms with E-state index in [9.17, 15) is 9.59 Å². The highest BCUT2D eigenvalue weighted by molar-refractivity contribution is 9.10. The molecule has 0 fully saturated rings. The van der Waals surface area contributed by atoms with Crippen molar-refractivity contribution in [2.24, 2.45) is 5.73 Å². The van der Waals surface area contributed by atoms with E-state index in [4.69, 9.17) is 15.2 Å². The number of methoxy groups -OCH3 is 2. The second-order valence-corrected chi connectivity index (χ2v) is 8.13. The average molecular weight is 475 g/mol. The number of nitrogens with two attached hydrogens (primary N) is 1. The summed E-state index contributed by atoms with van der Waals surface area (Å²) in [6, 6.07) is 12.6. The zero-order valence-corrected chi connectivity index (χ0v) is 18.4. The van der Waals surface area contributed by atoms with Crippen molar-refractivity contribution in [3.63, 3.8) is 0 Å². The monoisotopic (exact) mass is 474 g/mol. The SMILES string of the molecule is COc1cc(C(=O)Nc2sc(C)c(-c3ccccc3)c2C(N)=O)cc(OC)c1Br. The molecule has 0 spiro atoms. The van der Waals surface area contributed by atoms with Gasteiger partial charge in [0.25, 0.3) is 11.8 Å². The van der Waals surface area contributed by atoms with Crippen LogP contribution in [0.3, 0.4) is 0 Å². The van der Waals surface area contributed by atoms with Crippen LogP contribution in [0.1, 0.15) is 25.6 Å². The second kappa shape index (κ2) is 8.67. The molecule has 0 radical (unpaired) electrons. The lowest BCUT2D eigenvalue weighted by atomic mass is 10.0. The summed E-state index contributed by atoms with van der Waals surface area (Å²) in [5.74, 6) is -0.0964. The number of hydrogen-bond acceptors (Lipinski definition) is 5. The fraction of sp³-hybridized carbons (Fsp3) is 0.143. The lowest BCUT2D eigenvalue weighted by molar-refractivity contribution is 0.100. The van der Waals surface area contributed by atoms with Crippen LogP contribution >= 0.6 is 27.3 Å². The fourth-order valence-electron chi connectivity index (χ4n) is 3.00. The molecule has 0 atom stereocenters. The Morgan fingerprint density at radius 2 is 1.66 bits per heavy atom. The van der Waals surface area contributed by atoms with E-state index in [1.807, 2.05) is 37.3 Å². The van der Waals surface area contributed by atoms with Crippen molar-refractivity contribution in [2.75, 3.05) is 19.5 Å². The first-order chi connectivity index (χ1) is 13.9. The van der Waals surface area contributed by atoms with E-state index in [-0.39, 0.29) is 0 Å². The minimum atomic E-state index is -0.602. The maximum Gasteiger partial charge on any atom is 0.256 e. The first-order valence-electron chi connectivity index (χ1n) is 8.58. The van der Waals surface area contributed by atoms with Crippen LogP contribution < -0.4 is 20.5 Å². The van der Waals surface area contributed by atoms with Gasteiger partial charge in [0.05, 0.1) is 19.8 Å². The molecule has 0 saturated heterocycles. The predicted molar refractivity (Wildman–Crippen MR) is 118 cm³/mol. The first-order valence-corrected chi connectivity index (χ1v) is 10.2. The highest BCUT2D eigenvalue weighted by Crippen LogP contribution is 2.40. The number of amides is 2. The molecule has 0 bridgehead atoms. The molecular weight excluding hydrogens is 456 g/mol. The lowest BCUT2D eigenvalue weighted by Gasteiger charge is -2.12. The van der Waals surface area contributed by atoms with E-state index >= 15 is 0 Å². The summed E-state index contributed by atoms with van der Waals surface area (Å²) in [6.45, 7) is 1.89. The van der Waals surface area contributed by atoms with Crippen molar-refractivity contribution in [3.05, 3.63) is 62.9 Å². The standard InChI is InChI=1S/C21H19BrN2O4S/c1-11-16(12-7-5-4-6-8-12)17(19(23)25)21(29-11)24-20(26)13-9-14(27-2)18(22)15(10-13)28-3/h4-10H,1-3H3,(H2,23,25)(H,24,26). The normalized spacial score (nSPS) is 10.5. The number of halogens is 1. The van der Waals surface area contributed by atoms with Crippen molar-refractivity contribution >= 4 is 44.1 Å². The van der Waals surface area contributed by atoms with E-state index in [1.54, 1.807) is 12.1 Å². The van der Waals surface area contributed by atoms with Crippen LogP contribution in [0.15, 0.2) is 46.9 Å². The molecule has 3 aromatic rings. The fourth-order valence-corrected chi connectivity index (χ4v) is 4.63. The second-order valence-electron chi connectivity index (χ2n) is 6.12.